The van der Waals surface area contributed by atoms with E-state index in [9.17, 15) is 9.59 Å². The van der Waals surface area contributed by atoms with E-state index in [1.54, 1.807) is 56.7 Å². The Bertz CT molecular complexity index is 1030. The van der Waals surface area contributed by atoms with Crippen molar-refractivity contribution in [1.29, 1.82) is 0 Å². The second kappa shape index (κ2) is 12.0. The van der Waals surface area contributed by atoms with E-state index in [1.807, 2.05) is 6.07 Å². The number of carbonyl (C=O) groups excluding carboxylic acids is 2. The van der Waals surface area contributed by atoms with Gasteiger partial charge in [-0.1, -0.05) is 37.5 Å². The highest BCUT2D eigenvalue weighted by molar-refractivity contribution is 7.80. The number of para-hydroxylation sites is 1. The van der Waals surface area contributed by atoms with Crippen molar-refractivity contribution >= 4 is 40.9 Å². The Morgan fingerprint density at radius 1 is 1.00 bits per heavy atom. The zero-order valence-electron chi connectivity index (χ0n) is 18.9. The lowest BCUT2D eigenvalue weighted by Crippen LogP contribution is -2.37. The summed E-state index contributed by atoms with van der Waals surface area (Å²) in [4.78, 5) is 25.1. The van der Waals surface area contributed by atoms with Crippen molar-refractivity contribution in [2.45, 2.75) is 38.1 Å². The number of methoxy groups -OCH3 is 2. The first-order valence-electron chi connectivity index (χ1n) is 10.9. The number of rotatable bonds is 7. The average molecular weight is 468 g/mol. The molecule has 0 aromatic heterocycles. The molecule has 3 N–H and O–H groups in total. The van der Waals surface area contributed by atoms with Crippen LogP contribution in [0.2, 0.25) is 0 Å². The summed E-state index contributed by atoms with van der Waals surface area (Å²) < 4.78 is 10.5. The van der Waals surface area contributed by atoms with Crippen molar-refractivity contribution in [2.75, 3.05) is 19.5 Å². The van der Waals surface area contributed by atoms with Crippen molar-refractivity contribution in [2.24, 2.45) is 0 Å². The molecule has 0 unspecified atom stereocenters. The number of nitrogens with one attached hydrogen (secondary N) is 3. The third-order valence-electron chi connectivity index (χ3n) is 5.43. The van der Waals surface area contributed by atoms with E-state index >= 15 is 0 Å². The van der Waals surface area contributed by atoms with Crippen LogP contribution in [-0.4, -0.2) is 37.2 Å². The van der Waals surface area contributed by atoms with Crippen molar-refractivity contribution in [3.8, 4) is 11.5 Å². The maximum Gasteiger partial charge on any atom is 0.253 e. The van der Waals surface area contributed by atoms with Crippen molar-refractivity contribution in [3.63, 3.8) is 0 Å². The van der Waals surface area contributed by atoms with Gasteiger partial charge in [0, 0.05) is 12.1 Å². The Labute approximate surface area is 199 Å². The van der Waals surface area contributed by atoms with Gasteiger partial charge in [0.05, 0.1) is 25.5 Å². The number of hydrogen-bond acceptors (Lipinski definition) is 5. The lowest BCUT2D eigenvalue weighted by molar-refractivity contribution is -0.115. The monoisotopic (exact) mass is 467 g/mol. The van der Waals surface area contributed by atoms with Gasteiger partial charge in [-0.3, -0.25) is 14.9 Å². The number of anilines is 1. The Balaban J connectivity index is 1.58. The van der Waals surface area contributed by atoms with Crippen molar-refractivity contribution in [3.05, 3.63) is 59.7 Å². The van der Waals surface area contributed by atoms with Gasteiger partial charge < -0.3 is 20.1 Å². The predicted molar refractivity (Wildman–Crippen MR) is 134 cm³/mol. The van der Waals surface area contributed by atoms with Gasteiger partial charge in [0.2, 0.25) is 5.91 Å². The summed E-state index contributed by atoms with van der Waals surface area (Å²) in [5.41, 5.74) is 1.80. The molecular weight excluding hydrogens is 438 g/mol. The van der Waals surface area contributed by atoms with E-state index in [0.717, 1.165) is 31.2 Å². The number of hydrogen-bond donors (Lipinski definition) is 3. The first-order chi connectivity index (χ1) is 16.0. The normalized spacial score (nSPS) is 13.9. The maximum atomic E-state index is 12.8. The minimum atomic E-state index is -0.397. The van der Waals surface area contributed by atoms with Crippen LogP contribution < -0.4 is 25.4 Å². The van der Waals surface area contributed by atoms with Gasteiger partial charge in [0.1, 0.15) is 0 Å². The number of benzene rings is 2. The minimum absolute atomic E-state index is 0.106. The first-order valence-corrected chi connectivity index (χ1v) is 11.3. The zero-order valence-corrected chi connectivity index (χ0v) is 19.7. The second-order valence-electron chi connectivity index (χ2n) is 7.75. The smallest absolute Gasteiger partial charge is 0.253 e. The fourth-order valence-corrected chi connectivity index (χ4v) is 3.95. The number of carbonyl (C=O) groups is 2. The van der Waals surface area contributed by atoms with E-state index in [2.05, 4.69) is 16.0 Å². The molecule has 33 heavy (non-hydrogen) atoms. The highest BCUT2D eigenvalue weighted by Crippen LogP contribution is 2.28. The molecule has 2 aromatic rings. The van der Waals surface area contributed by atoms with E-state index in [4.69, 9.17) is 21.7 Å². The van der Waals surface area contributed by atoms with Gasteiger partial charge >= 0.3 is 0 Å². The molecule has 2 aromatic carbocycles. The molecule has 0 saturated heterocycles. The summed E-state index contributed by atoms with van der Waals surface area (Å²) in [6, 6.07) is 12.6. The average Bonchev–Trinajstić information content (AvgIpc) is 2.83. The molecular formula is C25H29N3O4S. The Hall–Kier alpha value is -3.39. The largest absolute Gasteiger partial charge is 0.493 e. The van der Waals surface area contributed by atoms with Gasteiger partial charge in [-0.05, 0) is 61.0 Å². The van der Waals surface area contributed by atoms with Crippen LogP contribution >= 0.6 is 12.2 Å². The molecule has 1 fully saturated rings. The van der Waals surface area contributed by atoms with Crippen LogP contribution in [0.5, 0.6) is 11.5 Å². The fourth-order valence-electron chi connectivity index (χ4n) is 3.74. The molecule has 2 amide bonds. The van der Waals surface area contributed by atoms with Crippen molar-refractivity contribution < 1.29 is 19.1 Å². The van der Waals surface area contributed by atoms with Gasteiger partial charge in [0.25, 0.3) is 5.91 Å². The minimum Gasteiger partial charge on any atom is -0.493 e. The standard InChI is InChI=1S/C25H29N3O4S/c1-31-21-14-12-17(16-22(21)32-2)13-15-23(29)28-25(33)27-20-11-7-6-10-19(20)24(30)26-18-8-4-3-5-9-18/h6-7,10-16,18H,3-5,8-9H2,1-2H3,(H,26,30)(H2,27,28,29,33)/b15-13+. The van der Waals surface area contributed by atoms with Gasteiger partial charge in [-0.25, -0.2) is 0 Å². The lowest BCUT2D eigenvalue weighted by atomic mass is 9.95. The summed E-state index contributed by atoms with van der Waals surface area (Å²) >= 11 is 5.28. The SMILES string of the molecule is COc1ccc(/C=C/C(=O)NC(=S)Nc2ccccc2C(=O)NC2CCCCC2)cc1OC. The van der Waals surface area contributed by atoms with E-state index in [1.165, 1.54) is 12.5 Å². The molecule has 1 aliphatic rings. The Kier molecular flexibility index (Phi) is 8.83. The molecule has 0 spiro atoms. The third kappa shape index (κ3) is 7.05. The summed E-state index contributed by atoms with van der Waals surface area (Å²) in [5, 5.41) is 8.78. The van der Waals surface area contributed by atoms with E-state index < -0.39 is 5.91 Å². The number of amides is 2. The fraction of sp³-hybridized carbons (Fsp3) is 0.320. The van der Waals surface area contributed by atoms with Crippen LogP contribution in [0.3, 0.4) is 0 Å². The summed E-state index contributed by atoms with van der Waals surface area (Å²) in [6.45, 7) is 0. The molecule has 1 saturated carbocycles. The molecule has 0 atom stereocenters. The molecule has 3 rings (SSSR count). The molecule has 0 bridgehead atoms. The molecule has 174 valence electrons. The summed E-state index contributed by atoms with van der Waals surface area (Å²) in [7, 11) is 3.11. The molecule has 7 nitrogen and oxygen atoms in total. The number of thiocarbonyl (C=S) groups is 1. The Morgan fingerprint density at radius 3 is 2.45 bits per heavy atom. The van der Waals surface area contributed by atoms with E-state index in [-0.39, 0.29) is 17.1 Å². The van der Waals surface area contributed by atoms with Crippen LogP contribution in [0, 0.1) is 0 Å². The van der Waals surface area contributed by atoms with Gasteiger partial charge in [-0.15, -0.1) is 0 Å². The topological polar surface area (TPSA) is 88.7 Å². The molecule has 0 heterocycles. The zero-order chi connectivity index (χ0) is 23.6. The van der Waals surface area contributed by atoms with Crippen LogP contribution in [-0.2, 0) is 4.79 Å². The molecule has 1 aliphatic carbocycles. The summed E-state index contributed by atoms with van der Waals surface area (Å²) in [5.74, 6) is 0.634. The molecule has 0 aliphatic heterocycles. The predicted octanol–water partition coefficient (Wildman–Crippen LogP) is 4.29. The second-order valence-corrected chi connectivity index (χ2v) is 8.15. The maximum absolute atomic E-state index is 12.8. The van der Waals surface area contributed by atoms with Gasteiger partial charge in [0.15, 0.2) is 16.6 Å². The van der Waals surface area contributed by atoms with Crippen LogP contribution in [0.4, 0.5) is 5.69 Å². The number of ether oxygens (including phenoxy) is 2. The third-order valence-corrected chi connectivity index (χ3v) is 5.64. The van der Waals surface area contributed by atoms with Gasteiger partial charge in [-0.2, -0.15) is 0 Å². The first kappa shape index (κ1) is 24.3. The quantitative estimate of drug-likeness (QED) is 0.416. The van der Waals surface area contributed by atoms with Crippen molar-refractivity contribution in [1.82, 2.24) is 10.6 Å². The summed E-state index contributed by atoms with van der Waals surface area (Å²) in [6.07, 6.45) is 8.52. The van der Waals surface area contributed by atoms with E-state index in [0.29, 0.717) is 22.7 Å². The van der Waals surface area contributed by atoms with Crippen LogP contribution in [0.25, 0.3) is 6.08 Å². The lowest BCUT2D eigenvalue weighted by Gasteiger charge is -2.23. The van der Waals surface area contributed by atoms with Crippen LogP contribution in [0.15, 0.2) is 48.5 Å². The highest BCUT2D eigenvalue weighted by Gasteiger charge is 2.19. The highest BCUT2D eigenvalue weighted by atomic mass is 32.1. The molecule has 0 radical (unpaired) electrons. The molecule has 8 heteroatoms. The Morgan fingerprint density at radius 2 is 1.73 bits per heavy atom. The van der Waals surface area contributed by atoms with Crippen LogP contribution in [0.1, 0.15) is 48.0 Å².